The van der Waals surface area contributed by atoms with Gasteiger partial charge in [-0.2, -0.15) is 0 Å². The fourth-order valence-corrected chi connectivity index (χ4v) is 6.72. The highest BCUT2D eigenvalue weighted by Gasteiger charge is 2.64. The molecule has 2 saturated heterocycles. The van der Waals surface area contributed by atoms with Gasteiger partial charge < -0.3 is 14.4 Å². The number of carbonyl (C=O) groups excluding carboxylic acids is 3. The third kappa shape index (κ3) is 3.01. The minimum absolute atomic E-state index is 0.0990. The van der Waals surface area contributed by atoms with Crippen molar-refractivity contribution in [2.75, 3.05) is 11.7 Å². The predicted molar refractivity (Wildman–Crippen MR) is 144 cm³/mol. The number of fused-ring (bicyclic) bond motifs is 7. The molecule has 0 saturated carbocycles. The lowest BCUT2D eigenvalue weighted by molar-refractivity contribution is -0.123. The standard InChI is InChI=1S/C32H22N2O5/c35-30(20-12-13-24-25(16-20)39-17-38-24)29-27-26(28-22-10-4-2-7-19(22)14-15-33(28)29)31(36)34(32(27)37)23-11-5-8-18-6-1-3-9-21(18)23/h1-16,26-29H,17H2/t26-,27+,28?,29-/m0/s1. The van der Waals surface area contributed by atoms with Crippen LogP contribution in [0.2, 0.25) is 0 Å². The van der Waals surface area contributed by atoms with Crippen molar-refractivity contribution >= 4 is 40.1 Å². The third-order valence-corrected chi connectivity index (χ3v) is 8.39. The average molecular weight is 515 g/mol. The van der Waals surface area contributed by atoms with E-state index in [1.54, 1.807) is 24.3 Å². The molecule has 0 radical (unpaired) electrons. The van der Waals surface area contributed by atoms with E-state index in [0.717, 1.165) is 21.9 Å². The lowest BCUT2D eigenvalue weighted by atomic mass is 9.83. The van der Waals surface area contributed by atoms with Gasteiger partial charge in [-0.1, -0.05) is 60.7 Å². The number of rotatable bonds is 3. The summed E-state index contributed by atoms with van der Waals surface area (Å²) in [5.41, 5.74) is 2.90. The molecule has 0 N–H and O–H groups in total. The molecule has 39 heavy (non-hydrogen) atoms. The molecule has 0 spiro atoms. The van der Waals surface area contributed by atoms with Gasteiger partial charge in [0.25, 0.3) is 0 Å². The van der Waals surface area contributed by atoms with E-state index in [4.69, 9.17) is 9.47 Å². The molecule has 4 aliphatic heterocycles. The number of imide groups is 1. The zero-order valence-electron chi connectivity index (χ0n) is 20.7. The second-order valence-electron chi connectivity index (χ2n) is 10.3. The van der Waals surface area contributed by atoms with Crippen molar-refractivity contribution in [1.29, 1.82) is 0 Å². The van der Waals surface area contributed by atoms with E-state index in [9.17, 15) is 14.4 Å². The number of hydrogen-bond donors (Lipinski definition) is 0. The topological polar surface area (TPSA) is 76.1 Å². The molecule has 4 heterocycles. The summed E-state index contributed by atoms with van der Waals surface area (Å²) in [5, 5.41) is 1.76. The number of nitrogens with zero attached hydrogens (tertiary/aromatic N) is 2. The molecule has 2 fully saturated rings. The van der Waals surface area contributed by atoms with Crippen LogP contribution in [-0.4, -0.2) is 35.3 Å². The molecule has 0 aliphatic carbocycles. The molecular formula is C32H22N2O5. The van der Waals surface area contributed by atoms with Crippen LogP contribution in [0, 0.1) is 11.8 Å². The molecule has 190 valence electrons. The van der Waals surface area contributed by atoms with E-state index in [2.05, 4.69) is 0 Å². The van der Waals surface area contributed by atoms with Gasteiger partial charge in [-0.25, -0.2) is 4.90 Å². The number of amides is 2. The van der Waals surface area contributed by atoms with Crippen LogP contribution in [-0.2, 0) is 9.59 Å². The molecule has 4 aromatic rings. The van der Waals surface area contributed by atoms with E-state index in [-0.39, 0.29) is 24.4 Å². The fraction of sp³-hybridized carbons (Fsp3) is 0.156. The van der Waals surface area contributed by atoms with Gasteiger partial charge in [0.1, 0.15) is 6.04 Å². The second-order valence-corrected chi connectivity index (χ2v) is 10.3. The summed E-state index contributed by atoms with van der Waals surface area (Å²) >= 11 is 0. The highest BCUT2D eigenvalue weighted by Crippen LogP contribution is 2.54. The molecule has 2 amide bonds. The maximum absolute atomic E-state index is 14.3. The minimum atomic E-state index is -0.846. The Morgan fingerprint density at radius 2 is 1.56 bits per heavy atom. The predicted octanol–water partition coefficient (Wildman–Crippen LogP) is 4.97. The zero-order valence-corrected chi connectivity index (χ0v) is 20.7. The quantitative estimate of drug-likeness (QED) is 0.284. The molecule has 4 aromatic carbocycles. The highest BCUT2D eigenvalue weighted by molar-refractivity contribution is 6.27. The Kier molecular flexibility index (Phi) is 4.56. The van der Waals surface area contributed by atoms with Crippen LogP contribution >= 0.6 is 0 Å². The van der Waals surface area contributed by atoms with Crippen molar-refractivity contribution in [3.05, 3.63) is 108 Å². The molecule has 0 bridgehead atoms. The maximum Gasteiger partial charge on any atom is 0.240 e. The van der Waals surface area contributed by atoms with Crippen LogP contribution in [0.1, 0.15) is 27.5 Å². The first-order valence-electron chi connectivity index (χ1n) is 13.0. The van der Waals surface area contributed by atoms with E-state index in [0.29, 0.717) is 22.7 Å². The lowest BCUT2D eigenvalue weighted by Crippen LogP contribution is -2.44. The Morgan fingerprint density at radius 3 is 2.49 bits per heavy atom. The number of Topliss-reactive ketones (excluding diaryl/α,β-unsaturated/α-hetero) is 1. The summed E-state index contributed by atoms with van der Waals surface area (Å²) in [6.45, 7) is 0.0990. The number of anilines is 1. The Hall–Kier alpha value is -4.91. The molecule has 8 rings (SSSR count). The Balaban J connectivity index is 1.29. The number of carbonyl (C=O) groups is 3. The van der Waals surface area contributed by atoms with Crippen molar-refractivity contribution in [2.24, 2.45) is 11.8 Å². The van der Waals surface area contributed by atoms with Crippen molar-refractivity contribution in [2.45, 2.75) is 12.1 Å². The van der Waals surface area contributed by atoms with Crippen LogP contribution in [0.5, 0.6) is 11.5 Å². The van der Waals surface area contributed by atoms with Crippen LogP contribution in [0.25, 0.3) is 16.8 Å². The van der Waals surface area contributed by atoms with Gasteiger partial charge in [0.15, 0.2) is 17.3 Å². The van der Waals surface area contributed by atoms with Crippen molar-refractivity contribution in [3.8, 4) is 11.5 Å². The monoisotopic (exact) mass is 514 g/mol. The van der Waals surface area contributed by atoms with Gasteiger partial charge in [0, 0.05) is 17.1 Å². The first-order valence-corrected chi connectivity index (χ1v) is 13.0. The van der Waals surface area contributed by atoms with Crippen molar-refractivity contribution < 1.29 is 23.9 Å². The first-order chi connectivity index (χ1) is 19.1. The molecule has 0 aromatic heterocycles. The summed E-state index contributed by atoms with van der Waals surface area (Å²) < 4.78 is 10.9. The van der Waals surface area contributed by atoms with Gasteiger partial charge in [-0.3, -0.25) is 14.4 Å². The molecule has 7 heteroatoms. The van der Waals surface area contributed by atoms with E-state index in [1.807, 2.05) is 77.8 Å². The van der Waals surface area contributed by atoms with Crippen LogP contribution < -0.4 is 14.4 Å². The molecule has 4 aliphatic rings. The lowest BCUT2D eigenvalue weighted by Gasteiger charge is -2.35. The van der Waals surface area contributed by atoms with Gasteiger partial charge in [0.2, 0.25) is 18.6 Å². The third-order valence-electron chi connectivity index (χ3n) is 8.39. The molecule has 4 atom stereocenters. The van der Waals surface area contributed by atoms with Crippen LogP contribution in [0.3, 0.4) is 0 Å². The summed E-state index contributed by atoms with van der Waals surface area (Å²) in [7, 11) is 0. The second kappa shape index (κ2) is 8.04. The average Bonchev–Trinajstić information content (AvgIpc) is 3.65. The van der Waals surface area contributed by atoms with Gasteiger partial charge in [0.05, 0.1) is 23.6 Å². The van der Waals surface area contributed by atoms with Crippen molar-refractivity contribution in [1.82, 2.24) is 4.90 Å². The SMILES string of the molecule is O=C(c1ccc2c(c1)OCO2)[C@@H]1[C@@H]2C(=O)N(c3cccc4ccccc34)C(=O)[C@@H]2C2c3ccccc3C=CN21. The Morgan fingerprint density at radius 1 is 0.795 bits per heavy atom. The first kappa shape index (κ1) is 22.1. The van der Waals surface area contributed by atoms with Gasteiger partial charge in [-0.05, 0) is 46.9 Å². The molecule has 1 unspecified atom stereocenters. The largest absolute Gasteiger partial charge is 0.454 e. The summed E-state index contributed by atoms with van der Waals surface area (Å²) in [6.07, 6.45) is 3.81. The molecule has 7 nitrogen and oxygen atoms in total. The van der Waals surface area contributed by atoms with Crippen LogP contribution in [0.4, 0.5) is 5.69 Å². The number of ether oxygens (including phenoxy) is 2. The Bertz CT molecular complexity index is 1760. The zero-order chi connectivity index (χ0) is 26.2. The smallest absolute Gasteiger partial charge is 0.240 e. The van der Waals surface area contributed by atoms with E-state index < -0.39 is 23.9 Å². The number of benzene rings is 4. The minimum Gasteiger partial charge on any atom is -0.454 e. The van der Waals surface area contributed by atoms with E-state index in [1.165, 1.54) is 4.90 Å². The van der Waals surface area contributed by atoms with Crippen LogP contribution in [0.15, 0.2) is 91.1 Å². The van der Waals surface area contributed by atoms with E-state index >= 15 is 0 Å². The summed E-state index contributed by atoms with van der Waals surface area (Å²) in [4.78, 5) is 46.0. The highest BCUT2D eigenvalue weighted by atomic mass is 16.7. The maximum atomic E-state index is 14.3. The molecular weight excluding hydrogens is 492 g/mol. The summed E-state index contributed by atoms with van der Waals surface area (Å²) in [6, 6.07) is 25.0. The normalized spacial score (nSPS) is 24.2. The number of hydrogen-bond acceptors (Lipinski definition) is 6. The summed E-state index contributed by atoms with van der Waals surface area (Å²) in [5.74, 6) is -1.31. The van der Waals surface area contributed by atoms with Crippen molar-refractivity contribution in [3.63, 3.8) is 0 Å². The van der Waals surface area contributed by atoms with Gasteiger partial charge in [-0.15, -0.1) is 0 Å². The van der Waals surface area contributed by atoms with Gasteiger partial charge >= 0.3 is 0 Å². The Labute approximate surface area is 223 Å². The fourth-order valence-electron chi connectivity index (χ4n) is 6.72. The number of ketones is 1.